The highest BCUT2D eigenvalue weighted by Gasteiger charge is 2.35. The van der Waals surface area contributed by atoms with Crippen molar-refractivity contribution in [3.8, 4) is 5.75 Å². The Morgan fingerprint density at radius 1 is 0.949 bits per heavy atom. The van der Waals surface area contributed by atoms with E-state index < -0.39 is 0 Å². The van der Waals surface area contributed by atoms with Crippen LogP contribution in [0, 0.1) is 11.8 Å². The van der Waals surface area contributed by atoms with E-state index in [9.17, 15) is 4.79 Å². The van der Waals surface area contributed by atoms with Gasteiger partial charge >= 0.3 is 0 Å². The van der Waals surface area contributed by atoms with E-state index in [-0.39, 0.29) is 18.6 Å². The second-order valence-corrected chi connectivity index (χ2v) is 12.4. The number of aromatic nitrogens is 1. The van der Waals surface area contributed by atoms with Crippen molar-refractivity contribution in [2.75, 3.05) is 13.2 Å². The van der Waals surface area contributed by atoms with Crippen LogP contribution in [0.2, 0.25) is 5.02 Å². The molecule has 2 aromatic carbocycles. The van der Waals surface area contributed by atoms with Crippen LogP contribution in [-0.4, -0.2) is 23.7 Å². The highest BCUT2D eigenvalue weighted by atomic mass is 35.5. The fourth-order valence-electron chi connectivity index (χ4n) is 7.17. The summed E-state index contributed by atoms with van der Waals surface area (Å²) in [5.74, 6) is 2.03. The van der Waals surface area contributed by atoms with E-state index in [1.54, 1.807) is 0 Å². The molecule has 3 atom stereocenters. The van der Waals surface area contributed by atoms with E-state index in [1.807, 2.05) is 28.8 Å². The first-order chi connectivity index (χ1) is 19.0. The Balaban J connectivity index is 1.17. The summed E-state index contributed by atoms with van der Waals surface area (Å²) in [4.78, 5) is 13.5. The summed E-state index contributed by atoms with van der Waals surface area (Å²) in [6.07, 6.45) is 10.2. The first-order valence-electron chi connectivity index (χ1n) is 14.9. The number of fused-ring (bicyclic) bond motifs is 3. The summed E-state index contributed by atoms with van der Waals surface area (Å²) in [7, 11) is 0. The Bertz CT molecular complexity index is 1290. The van der Waals surface area contributed by atoms with Crippen LogP contribution in [0.5, 0.6) is 5.75 Å². The molecule has 0 spiro atoms. The van der Waals surface area contributed by atoms with Gasteiger partial charge in [-0.3, -0.25) is 9.36 Å². The third-order valence-electron chi connectivity index (χ3n) is 9.20. The van der Waals surface area contributed by atoms with Crippen molar-refractivity contribution in [2.45, 2.75) is 83.7 Å². The molecule has 206 valence electrons. The van der Waals surface area contributed by atoms with Gasteiger partial charge in [-0.25, -0.2) is 0 Å². The Hall–Kier alpha value is -2.56. The summed E-state index contributed by atoms with van der Waals surface area (Å²) in [5.41, 5.74) is 7.88. The van der Waals surface area contributed by atoms with E-state index in [0.29, 0.717) is 24.4 Å². The van der Waals surface area contributed by atoms with E-state index in [1.165, 1.54) is 53.8 Å². The molecule has 0 radical (unpaired) electrons. The van der Waals surface area contributed by atoms with Crippen LogP contribution in [0.3, 0.4) is 0 Å². The van der Waals surface area contributed by atoms with Crippen molar-refractivity contribution in [1.82, 2.24) is 4.57 Å². The molecule has 39 heavy (non-hydrogen) atoms. The number of halogens is 1. The number of carbonyl (C=O) groups excluding carboxylic acids is 1. The van der Waals surface area contributed by atoms with Gasteiger partial charge in [-0.2, -0.15) is 0 Å². The molecule has 1 saturated heterocycles. The number of ether oxygens (including phenoxy) is 2. The molecule has 0 unspecified atom stereocenters. The normalized spacial score (nSPS) is 22.8. The summed E-state index contributed by atoms with van der Waals surface area (Å²) in [6, 6.07) is 16.4. The van der Waals surface area contributed by atoms with Crippen LogP contribution in [-0.2, 0) is 30.4 Å². The zero-order chi connectivity index (χ0) is 26.9. The molecule has 3 aromatic rings. The molecule has 2 aliphatic carbocycles. The molecule has 1 aromatic heterocycles. The second-order valence-electron chi connectivity index (χ2n) is 12.0. The number of carbonyl (C=O) groups is 1. The molecule has 1 fully saturated rings. The van der Waals surface area contributed by atoms with Crippen LogP contribution in [0.15, 0.2) is 48.5 Å². The lowest BCUT2D eigenvalue weighted by molar-refractivity contribution is -0.0552. The first kappa shape index (κ1) is 26.7. The summed E-state index contributed by atoms with van der Waals surface area (Å²) in [5, 5.41) is 0.764. The average Bonchev–Trinajstić information content (AvgIpc) is 3.31. The fraction of sp³-hybridized carbons (Fsp3) is 0.500. The van der Waals surface area contributed by atoms with Crippen LogP contribution in [0.1, 0.15) is 96.4 Å². The van der Waals surface area contributed by atoms with Gasteiger partial charge in [-0.05, 0) is 116 Å². The highest BCUT2D eigenvalue weighted by Crippen LogP contribution is 2.44. The molecule has 0 bridgehead atoms. The van der Waals surface area contributed by atoms with Gasteiger partial charge in [0.2, 0.25) is 0 Å². The van der Waals surface area contributed by atoms with Crippen molar-refractivity contribution in [3.05, 3.63) is 87.2 Å². The largest absolute Gasteiger partial charge is 0.484 e. The third-order valence-corrected chi connectivity index (χ3v) is 9.45. The van der Waals surface area contributed by atoms with Gasteiger partial charge in [0.05, 0.1) is 12.7 Å². The zero-order valence-electron chi connectivity index (χ0n) is 23.3. The summed E-state index contributed by atoms with van der Waals surface area (Å²) in [6.45, 7) is 5.31. The van der Waals surface area contributed by atoms with Crippen LogP contribution < -0.4 is 4.74 Å². The van der Waals surface area contributed by atoms with E-state index in [0.717, 1.165) is 48.4 Å². The molecule has 3 aliphatic rings. The minimum Gasteiger partial charge on any atom is -0.484 e. The van der Waals surface area contributed by atoms with Gasteiger partial charge < -0.3 is 9.47 Å². The van der Waals surface area contributed by atoms with Gasteiger partial charge in [0, 0.05) is 22.3 Å². The monoisotopic (exact) mass is 545 g/mol. The number of benzene rings is 2. The van der Waals surface area contributed by atoms with E-state index >= 15 is 0 Å². The number of hydrogen-bond acceptors (Lipinski definition) is 3. The maximum atomic E-state index is 13.5. The summed E-state index contributed by atoms with van der Waals surface area (Å²) < 4.78 is 14.7. The van der Waals surface area contributed by atoms with Gasteiger partial charge in [-0.1, -0.05) is 49.7 Å². The highest BCUT2D eigenvalue weighted by molar-refractivity contribution is 6.30. The first-order valence-corrected chi connectivity index (χ1v) is 15.2. The zero-order valence-corrected chi connectivity index (χ0v) is 24.0. The molecule has 5 heteroatoms. The van der Waals surface area contributed by atoms with Crippen molar-refractivity contribution in [3.63, 3.8) is 0 Å². The quantitative estimate of drug-likeness (QED) is 0.314. The third kappa shape index (κ3) is 5.43. The van der Waals surface area contributed by atoms with Gasteiger partial charge in [-0.15, -0.1) is 0 Å². The van der Waals surface area contributed by atoms with Crippen LogP contribution >= 0.6 is 11.6 Å². The lowest BCUT2D eigenvalue weighted by atomic mass is 9.76. The topological polar surface area (TPSA) is 40.5 Å². The lowest BCUT2D eigenvalue weighted by Gasteiger charge is -2.39. The van der Waals surface area contributed by atoms with Gasteiger partial charge in [0.1, 0.15) is 5.75 Å². The molecule has 4 nitrogen and oxygen atoms in total. The van der Waals surface area contributed by atoms with E-state index in [2.05, 4.69) is 38.1 Å². The molecular weight excluding hydrogens is 506 g/mol. The number of rotatable bonds is 6. The van der Waals surface area contributed by atoms with Crippen molar-refractivity contribution in [1.29, 1.82) is 0 Å². The Labute approximate surface area is 237 Å². The van der Waals surface area contributed by atoms with Crippen molar-refractivity contribution >= 4 is 17.5 Å². The Kier molecular flexibility index (Phi) is 7.86. The maximum Gasteiger partial charge on any atom is 0.268 e. The molecule has 0 N–H and O–H groups in total. The molecule has 0 saturated carbocycles. The predicted molar refractivity (Wildman–Crippen MR) is 156 cm³/mol. The SMILES string of the molecule is CC(C)[C@@H]1C[C@H](c2ccc(Cl)cc2)CO[C@H]1c1cccc(OCC(=O)n2c3c(c4c2CCCC4)CCCC3)c1. The Morgan fingerprint density at radius 2 is 1.62 bits per heavy atom. The summed E-state index contributed by atoms with van der Waals surface area (Å²) >= 11 is 6.12. The molecule has 6 rings (SSSR count). The minimum atomic E-state index is 0.0105. The van der Waals surface area contributed by atoms with Crippen molar-refractivity contribution in [2.24, 2.45) is 11.8 Å². The van der Waals surface area contributed by atoms with Crippen LogP contribution in [0.4, 0.5) is 0 Å². The fourth-order valence-corrected chi connectivity index (χ4v) is 7.30. The number of hydrogen-bond donors (Lipinski definition) is 0. The average molecular weight is 546 g/mol. The Morgan fingerprint density at radius 3 is 2.28 bits per heavy atom. The molecule has 2 heterocycles. The second kappa shape index (κ2) is 11.5. The smallest absolute Gasteiger partial charge is 0.268 e. The van der Waals surface area contributed by atoms with Crippen molar-refractivity contribution < 1.29 is 14.3 Å². The predicted octanol–water partition coefficient (Wildman–Crippen LogP) is 8.14. The molecule has 0 amide bonds. The standard InChI is InChI=1S/C34H40ClNO3/c1-22(2)30-19-25(23-14-16-26(35)17-15-23)20-39-34(30)24-8-7-9-27(18-24)38-21-33(37)36-31-12-5-3-10-28(31)29-11-4-6-13-32(29)36/h7-9,14-18,22,25,30,34H,3-6,10-13,19-21H2,1-2H3/t25-,30-,34-/m0/s1. The van der Waals surface area contributed by atoms with E-state index in [4.69, 9.17) is 21.1 Å². The maximum absolute atomic E-state index is 13.5. The minimum absolute atomic E-state index is 0.0105. The molecular formula is C34H40ClNO3. The van der Waals surface area contributed by atoms with Gasteiger partial charge in [0.15, 0.2) is 6.61 Å². The molecule has 1 aliphatic heterocycles. The van der Waals surface area contributed by atoms with Crippen LogP contribution in [0.25, 0.3) is 0 Å². The van der Waals surface area contributed by atoms with Gasteiger partial charge in [0.25, 0.3) is 5.91 Å². The lowest BCUT2D eigenvalue weighted by Crippen LogP contribution is -2.31. The number of nitrogens with zero attached hydrogens (tertiary/aromatic N) is 1.